The fourth-order valence-electron chi connectivity index (χ4n) is 3.98. The predicted molar refractivity (Wildman–Crippen MR) is 113 cm³/mol. The minimum Gasteiger partial charge on any atom is -0.507 e. The maximum atomic E-state index is 13.3. The van der Waals surface area contributed by atoms with Gasteiger partial charge in [-0.2, -0.15) is 0 Å². The second kappa shape index (κ2) is 7.30. The topological polar surface area (TPSA) is 125 Å². The van der Waals surface area contributed by atoms with Crippen molar-refractivity contribution in [3.8, 4) is 5.75 Å². The Labute approximate surface area is 181 Å². The standard InChI is InChI=1S/C23H19ClO7/c1-3-15(24)23(2,30)16-8-14(27)17-10(9-25)7-12-19(22(17)31-16)21(29)18-11(20(12)28)5-4-6-13(18)26/h4-8,15,25-26,30H,3,9H2,1-2H3. The van der Waals surface area contributed by atoms with Crippen LogP contribution < -0.4 is 5.43 Å². The van der Waals surface area contributed by atoms with E-state index in [4.69, 9.17) is 16.0 Å². The van der Waals surface area contributed by atoms with Crippen LogP contribution in [-0.2, 0) is 12.2 Å². The van der Waals surface area contributed by atoms with E-state index < -0.39 is 34.6 Å². The molecule has 2 atom stereocenters. The number of aliphatic hydroxyl groups excluding tert-OH is 1. The summed E-state index contributed by atoms with van der Waals surface area (Å²) < 4.78 is 5.84. The molecule has 160 valence electrons. The number of phenols is 1. The molecule has 1 aromatic heterocycles. The Morgan fingerprint density at radius 2 is 1.81 bits per heavy atom. The highest BCUT2D eigenvalue weighted by atomic mass is 35.5. The lowest BCUT2D eigenvalue weighted by Gasteiger charge is -2.27. The van der Waals surface area contributed by atoms with Gasteiger partial charge in [0.15, 0.2) is 16.8 Å². The van der Waals surface area contributed by atoms with Crippen LogP contribution in [0.3, 0.4) is 0 Å². The maximum Gasteiger partial charge on any atom is 0.202 e. The van der Waals surface area contributed by atoms with E-state index in [1.165, 1.54) is 31.2 Å². The van der Waals surface area contributed by atoms with Crippen molar-refractivity contribution < 1.29 is 29.3 Å². The lowest BCUT2D eigenvalue weighted by Crippen LogP contribution is -2.33. The zero-order valence-electron chi connectivity index (χ0n) is 16.7. The molecule has 2 unspecified atom stereocenters. The molecule has 1 aliphatic carbocycles. The highest BCUT2D eigenvalue weighted by molar-refractivity contribution is 6.32. The van der Waals surface area contributed by atoms with Gasteiger partial charge in [0, 0.05) is 17.2 Å². The number of aliphatic hydroxyl groups is 2. The van der Waals surface area contributed by atoms with Gasteiger partial charge < -0.3 is 19.7 Å². The number of hydrogen-bond acceptors (Lipinski definition) is 7. The molecule has 4 rings (SSSR count). The van der Waals surface area contributed by atoms with Crippen LogP contribution in [0.1, 0.15) is 63.4 Å². The molecule has 8 heteroatoms. The van der Waals surface area contributed by atoms with Crippen molar-refractivity contribution >= 4 is 34.1 Å². The highest BCUT2D eigenvalue weighted by Gasteiger charge is 2.38. The average molecular weight is 443 g/mol. The van der Waals surface area contributed by atoms with Crippen molar-refractivity contribution in [2.45, 2.75) is 37.9 Å². The Morgan fingerprint density at radius 1 is 1.10 bits per heavy atom. The van der Waals surface area contributed by atoms with Gasteiger partial charge in [-0.05, 0) is 31.0 Å². The van der Waals surface area contributed by atoms with Crippen molar-refractivity contribution in [2.75, 3.05) is 0 Å². The molecule has 1 aliphatic rings. The van der Waals surface area contributed by atoms with Gasteiger partial charge in [-0.1, -0.05) is 19.1 Å². The summed E-state index contributed by atoms with van der Waals surface area (Å²) in [5, 5.41) is 30.0. The van der Waals surface area contributed by atoms with Crippen molar-refractivity contribution in [3.63, 3.8) is 0 Å². The summed E-state index contributed by atoms with van der Waals surface area (Å²) in [5.74, 6) is -1.80. The van der Waals surface area contributed by atoms with Crippen LogP contribution in [-0.4, -0.2) is 32.3 Å². The van der Waals surface area contributed by atoms with E-state index in [9.17, 15) is 29.7 Å². The first kappa shape index (κ1) is 21.2. The number of benzene rings is 2. The monoisotopic (exact) mass is 442 g/mol. The summed E-state index contributed by atoms with van der Waals surface area (Å²) in [6.45, 7) is 2.55. The van der Waals surface area contributed by atoms with Crippen molar-refractivity contribution in [1.82, 2.24) is 0 Å². The van der Waals surface area contributed by atoms with Gasteiger partial charge in [0.05, 0.1) is 28.5 Å². The molecule has 0 fully saturated rings. The first-order chi connectivity index (χ1) is 14.6. The number of ketones is 2. The summed E-state index contributed by atoms with van der Waals surface area (Å²) in [4.78, 5) is 39.4. The van der Waals surface area contributed by atoms with Gasteiger partial charge in [0.25, 0.3) is 0 Å². The Balaban J connectivity index is 2.14. The molecule has 0 aliphatic heterocycles. The van der Waals surface area contributed by atoms with E-state index in [1.54, 1.807) is 6.92 Å². The van der Waals surface area contributed by atoms with Crippen molar-refractivity contribution in [3.05, 3.63) is 74.1 Å². The molecular formula is C23H19ClO7. The van der Waals surface area contributed by atoms with Crippen LogP contribution in [0.4, 0.5) is 0 Å². The van der Waals surface area contributed by atoms with Gasteiger partial charge in [-0.3, -0.25) is 14.4 Å². The van der Waals surface area contributed by atoms with Crippen LogP contribution in [0.5, 0.6) is 5.75 Å². The summed E-state index contributed by atoms with van der Waals surface area (Å²) >= 11 is 6.23. The molecular weight excluding hydrogens is 424 g/mol. The van der Waals surface area contributed by atoms with Crippen molar-refractivity contribution in [2.24, 2.45) is 0 Å². The largest absolute Gasteiger partial charge is 0.507 e. The first-order valence-corrected chi connectivity index (χ1v) is 10.1. The zero-order chi connectivity index (χ0) is 22.7. The van der Waals surface area contributed by atoms with E-state index in [0.717, 1.165) is 6.07 Å². The molecule has 3 aromatic rings. The number of aromatic hydroxyl groups is 1. The lowest BCUT2D eigenvalue weighted by atomic mass is 9.81. The van der Waals surface area contributed by atoms with E-state index in [1.807, 2.05) is 0 Å². The minimum atomic E-state index is -1.74. The average Bonchev–Trinajstić information content (AvgIpc) is 2.75. The molecule has 0 spiro atoms. The normalized spacial score (nSPS) is 16.0. The quantitative estimate of drug-likeness (QED) is 0.415. The molecule has 0 bridgehead atoms. The minimum absolute atomic E-state index is 0.0121. The Kier molecular flexibility index (Phi) is 5.00. The third-order valence-electron chi connectivity index (χ3n) is 5.71. The second-order valence-corrected chi connectivity index (χ2v) is 8.20. The second-order valence-electron chi connectivity index (χ2n) is 7.68. The highest BCUT2D eigenvalue weighted by Crippen LogP contribution is 2.39. The van der Waals surface area contributed by atoms with Gasteiger partial charge in [-0.15, -0.1) is 11.6 Å². The van der Waals surface area contributed by atoms with Crippen LogP contribution in [0.25, 0.3) is 11.0 Å². The number of phenolic OH excluding ortho intramolecular Hbond substituents is 1. The molecule has 0 saturated heterocycles. The van der Waals surface area contributed by atoms with Gasteiger partial charge in [0.2, 0.25) is 5.78 Å². The van der Waals surface area contributed by atoms with E-state index in [0.29, 0.717) is 6.42 Å². The molecule has 1 heterocycles. The molecule has 0 amide bonds. The van der Waals surface area contributed by atoms with E-state index >= 15 is 0 Å². The Morgan fingerprint density at radius 3 is 2.45 bits per heavy atom. The zero-order valence-corrected chi connectivity index (χ0v) is 17.5. The maximum absolute atomic E-state index is 13.3. The summed E-state index contributed by atoms with van der Waals surface area (Å²) in [6.07, 6.45) is 0.365. The fourth-order valence-corrected chi connectivity index (χ4v) is 4.09. The SMILES string of the molecule is CCC(Cl)C(C)(O)c1cc(=O)c2c(CO)cc3c(c2o1)C(=O)c1c(O)cccc1C3=O. The van der Waals surface area contributed by atoms with Crippen LogP contribution in [0, 0.1) is 0 Å². The number of alkyl halides is 1. The van der Waals surface area contributed by atoms with Gasteiger partial charge in [0.1, 0.15) is 17.1 Å². The molecule has 7 nitrogen and oxygen atoms in total. The number of rotatable bonds is 4. The molecule has 3 N–H and O–H groups in total. The lowest BCUT2D eigenvalue weighted by molar-refractivity contribution is 0.0289. The Hall–Kier alpha value is -3.00. The third kappa shape index (κ3) is 3.00. The van der Waals surface area contributed by atoms with E-state index in [-0.39, 0.29) is 50.3 Å². The van der Waals surface area contributed by atoms with Crippen LogP contribution in [0.15, 0.2) is 39.5 Å². The first-order valence-electron chi connectivity index (χ1n) is 9.66. The summed E-state index contributed by atoms with van der Waals surface area (Å²) in [6, 6.07) is 6.50. The number of fused-ring (bicyclic) bond motifs is 4. The number of carbonyl (C=O) groups is 2. The van der Waals surface area contributed by atoms with Crippen LogP contribution >= 0.6 is 11.6 Å². The number of carbonyl (C=O) groups excluding carboxylic acids is 2. The molecule has 0 saturated carbocycles. The predicted octanol–water partition coefficient (Wildman–Crippen LogP) is 2.99. The fraction of sp³-hybridized carbons (Fsp3) is 0.261. The van der Waals surface area contributed by atoms with Crippen molar-refractivity contribution in [1.29, 1.82) is 0 Å². The summed E-state index contributed by atoms with van der Waals surface area (Å²) in [5.41, 5.74) is -2.92. The van der Waals surface area contributed by atoms with Gasteiger partial charge >= 0.3 is 0 Å². The third-order valence-corrected chi connectivity index (χ3v) is 6.44. The van der Waals surface area contributed by atoms with Gasteiger partial charge in [-0.25, -0.2) is 0 Å². The van der Waals surface area contributed by atoms with E-state index in [2.05, 4.69) is 0 Å². The number of halogens is 1. The van der Waals surface area contributed by atoms with Crippen LogP contribution in [0.2, 0.25) is 0 Å². The summed E-state index contributed by atoms with van der Waals surface area (Å²) in [7, 11) is 0. The number of hydrogen-bond donors (Lipinski definition) is 3. The Bertz CT molecular complexity index is 1320. The smallest absolute Gasteiger partial charge is 0.202 e. The molecule has 2 aromatic carbocycles. The molecule has 0 radical (unpaired) electrons. The molecule has 31 heavy (non-hydrogen) atoms.